The highest BCUT2D eigenvalue weighted by atomic mass is 19.1. The Balaban J connectivity index is 1.51. The van der Waals surface area contributed by atoms with Crippen LogP contribution in [0.3, 0.4) is 0 Å². The maximum Gasteiger partial charge on any atom is 0.411 e. The van der Waals surface area contributed by atoms with Crippen molar-refractivity contribution in [3.63, 3.8) is 0 Å². The third kappa shape index (κ3) is 4.79. The first-order valence-electron chi connectivity index (χ1n) is 9.20. The van der Waals surface area contributed by atoms with E-state index < -0.39 is 6.09 Å². The zero-order chi connectivity index (χ0) is 20.0. The van der Waals surface area contributed by atoms with Crippen molar-refractivity contribution in [1.82, 2.24) is 10.6 Å². The van der Waals surface area contributed by atoms with E-state index >= 15 is 0 Å². The van der Waals surface area contributed by atoms with Gasteiger partial charge in [-0.25, -0.2) is 9.18 Å². The fraction of sp³-hybridized carbons (Fsp3) is 0.333. The molecule has 7 heteroatoms. The monoisotopic (exact) mass is 384 g/mol. The molecular weight excluding hydrogens is 359 g/mol. The first kappa shape index (κ1) is 19.7. The van der Waals surface area contributed by atoms with Gasteiger partial charge in [-0.1, -0.05) is 30.3 Å². The Morgan fingerprint density at radius 2 is 1.86 bits per heavy atom. The normalized spacial score (nSPS) is 14.9. The number of guanidine groups is 1. The molecule has 1 aliphatic carbocycles. The second-order valence-electron chi connectivity index (χ2n) is 6.85. The molecule has 2 aromatic rings. The maximum absolute atomic E-state index is 14.1. The van der Waals surface area contributed by atoms with E-state index in [-0.39, 0.29) is 11.2 Å². The predicted molar refractivity (Wildman–Crippen MR) is 108 cm³/mol. The molecule has 28 heavy (non-hydrogen) atoms. The summed E-state index contributed by atoms with van der Waals surface area (Å²) in [5.41, 5.74) is 2.32. The summed E-state index contributed by atoms with van der Waals surface area (Å²) in [6.45, 7) is 1.21. The van der Waals surface area contributed by atoms with Crippen LogP contribution in [0.1, 0.15) is 24.0 Å². The van der Waals surface area contributed by atoms with Crippen LogP contribution in [0.15, 0.2) is 53.5 Å². The summed E-state index contributed by atoms with van der Waals surface area (Å²) in [7, 11) is 3.03. The minimum absolute atomic E-state index is 0.148. The topological polar surface area (TPSA) is 74.8 Å². The maximum atomic E-state index is 14.1. The summed E-state index contributed by atoms with van der Waals surface area (Å²) < 4.78 is 18.7. The number of aliphatic imine (C=N–C) groups is 1. The zero-order valence-corrected chi connectivity index (χ0v) is 16.1. The minimum atomic E-state index is -0.501. The molecule has 3 N–H and O–H groups in total. The quantitative estimate of drug-likeness (QED) is 0.527. The molecule has 1 saturated carbocycles. The number of hydrogen-bond acceptors (Lipinski definition) is 3. The van der Waals surface area contributed by atoms with Crippen LogP contribution in [-0.2, 0) is 16.7 Å². The Labute approximate surface area is 164 Å². The van der Waals surface area contributed by atoms with Crippen LogP contribution in [0.25, 0.3) is 0 Å². The molecule has 1 fully saturated rings. The van der Waals surface area contributed by atoms with Crippen molar-refractivity contribution in [1.29, 1.82) is 0 Å². The molecule has 2 aromatic carbocycles. The zero-order valence-electron chi connectivity index (χ0n) is 16.1. The number of carbonyl (C=O) groups is 1. The molecule has 0 bridgehead atoms. The van der Waals surface area contributed by atoms with Crippen LogP contribution in [0, 0.1) is 5.82 Å². The standard InChI is InChI=1S/C21H25FN4O2/c1-23-19(24-13-15-7-9-16(10-8-15)26-20(27)28-2)25-14-21(11-12-21)17-5-3-4-6-18(17)22/h3-10H,11-14H2,1-2H3,(H,26,27)(H2,23,24,25). The van der Waals surface area contributed by atoms with Crippen molar-refractivity contribution >= 4 is 17.7 Å². The number of halogens is 1. The van der Waals surface area contributed by atoms with Gasteiger partial charge in [0.05, 0.1) is 7.11 Å². The smallest absolute Gasteiger partial charge is 0.411 e. The molecule has 0 spiro atoms. The lowest BCUT2D eigenvalue weighted by atomic mass is 9.95. The number of anilines is 1. The number of amides is 1. The molecule has 3 rings (SSSR count). The fourth-order valence-corrected chi connectivity index (χ4v) is 3.12. The Hall–Kier alpha value is -3.09. The summed E-state index contributed by atoms with van der Waals surface area (Å²) in [5.74, 6) is 0.518. The first-order chi connectivity index (χ1) is 13.6. The highest BCUT2D eigenvalue weighted by Crippen LogP contribution is 2.48. The van der Waals surface area contributed by atoms with E-state index in [2.05, 4.69) is 25.7 Å². The molecule has 0 unspecified atom stereocenters. The van der Waals surface area contributed by atoms with E-state index in [1.165, 1.54) is 13.2 Å². The Bertz CT molecular complexity index is 848. The van der Waals surface area contributed by atoms with Crippen molar-refractivity contribution in [2.45, 2.75) is 24.8 Å². The predicted octanol–water partition coefficient (Wildman–Crippen LogP) is 3.40. The number of benzene rings is 2. The molecule has 0 aromatic heterocycles. The van der Waals surface area contributed by atoms with Gasteiger partial charge in [-0.05, 0) is 42.2 Å². The minimum Gasteiger partial charge on any atom is -0.453 e. The highest BCUT2D eigenvalue weighted by molar-refractivity contribution is 5.84. The van der Waals surface area contributed by atoms with E-state index in [1.54, 1.807) is 13.1 Å². The van der Waals surface area contributed by atoms with E-state index in [9.17, 15) is 9.18 Å². The number of nitrogens with zero attached hydrogens (tertiary/aromatic N) is 1. The Morgan fingerprint density at radius 1 is 1.14 bits per heavy atom. The average Bonchev–Trinajstić information content (AvgIpc) is 3.50. The van der Waals surface area contributed by atoms with E-state index in [0.717, 1.165) is 24.0 Å². The van der Waals surface area contributed by atoms with Gasteiger partial charge in [-0.3, -0.25) is 10.3 Å². The second kappa shape index (κ2) is 8.73. The molecule has 148 valence electrons. The lowest BCUT2D eigenvalue weighted by Crippen LogP contribution is -2.41. The number of rotatable bonds is 6. The summed E-state index contributed by atoms with van der Waals surface area (Å²) >= 11 is 0. The van der Waals surface area contributed by atoms with Gasteiger partial charge in [0.2, 0.25) is 0 Å². The molecular formula is C21H25FN4O2. The van der Waals surface area contributed by atoms with Crippen molar-refractivity contribution in [3.05, 3.63) is 65.5 Å². The Morgan fingerprint density at radius 3 is 2.46 bits per heavy atom. The SMILES string of the molecule is CN=C(NCc1ccc(NC(=O)OC)cc1)NCC1(c2ccccc2F)CC1. The summed E-state index contributed by atoms with van der Waals surface area (Å²) in [6.07, 6.45) is 1.43. The van der Waals surface area contributed by atoms with Gasteiger partial charge in [0.25, 0.3) is 0 Å². The van der Waals surface area contributed by atoms with E-state index in [0.29, 0.717) is 24.7 Å². The molecule has 1 aliphatic rings. The average molecular weight is 384 g/mol. The van der Waals surface area contributed by atoms with Crippen LogP contribution in [0.4, 0.5) is 14.9 Å². The lowest BCUT2D eigenvalue weighted by molar-refractivity contribution is 0.187. The van der Waals surface area contributed by atoms with Crippen LogP contribution in [-0.4, -0.2) is 32.8 Å². The number of carbonyl (C=O) groups excluding carboxylic acids is 1. The van der Waals surface area contributed by atoms with Gasteiger partial charge in [0, 0.05) is 31.2 Å². The van der Waals surface area contributed by atoms with Crippen LogP contribution < -0.4 is 16.0 Å². The first-order valence-corrected chi connectivity index (χ1v) is 9.20. The highest BCUT2D eigenvalue weighted by Gasteiger charge is 2.45. The molecule has 6 nitrogen and oxygen atoms in total. The van der Waals surface area contributed by atoms with Crippen molar-refractivity contribution in [2.75, 3.05) is 26.0 Å². The fourth-order valence-electron chi connectivity index (χ4n) is 3.12. The number of methoxy groups -OCH3 is 1. The second-order valence-corrected chi connectivity index (χ2v) is 6.85. The van der Waals surface area contributed by atoms with Gasteiger partial charge < -0.3 is 15.4 Å². The summed E-state index contributed by atoms with van der Waals surface area (Å²) in [5, 5.41) is 9.18. The third-order valence-corrected chi connectivity index (χ3v) is 4.96. The Kier molecular flexibility index (Phi) is 6.13. The van der Waals surface area contributed by atoms with Gasteiger partial charge in [0.15, 0.2) is 5.96 Å². The van der Waals surface area contributed by atoms with Crippen molar-refractivity contribution in [3.8, 4) is 0 Å². The van der Waals surface area contributed by atoms with Crippen LogP contribution in [0.2, 0.25) is 0 Å². The number of hydrogen-bond donors (Lipinski definition) is 3. The number of nitrogens with one attached hydrogen (secondary N) is 3. The van der Waals surface area contributed by atoms with Crippen molar-refractivity contribution in [2.24, 2.45) is 4.99 Å². The van der Waals surface area contributed by atoms with Gasteiger partial charge in [-0.2, -0.15) is 0 Å². The largest absolute Gasteiger partial charge is 0.453 e. The molecule has 0 saturated heterocycles. The van der Waals surface area contributed by atoms with Gasteiger partial charge in [-0.15, -0.1) is 0 Å². The summed E-state index contributed by atoms with van der Waals surface area (Å²) in [6, 6.07) is 14.4. The van der Waals surface area contributed by atoms with E-state index in [1.807, 2.05) is 36.4 Å². The molecule has 0 atom stereocenters. The van der Waals surface area contributed by atoms with Gasteiger partial charge >= 0.3 is 6.09 Å². The summed E-state index contributed by atoms with van der Waals surface area (Å²) in [4.78, 5) is 15.5. The number of ether oxygens (including phenoxy) is 1. The third-order valence-electron chi connectivity index (χ3n) is 4.96. The van der Waals surface area contributed by atoms with Crippen LogP contribution >= 0.6 is 0 Å². The lowest BCUT2D eigenvalue weighted by Gasteiger charge is -2.19. The van der Waals surface area contributed by atoms with Crippen LogP contribution in [0.5, 0.6) is 0 Å². The van der Waals surface area contributed by atoms with E-state index in [4.69, 9.17) is 0 Å². The van der Waals surface area contributed by atoms with Gasteiger partial charge in [0.1, 0.15) is 5.82 Å². The molecule has 0 aliphatic heterocycles. The molecule has 0 heterocycles. The molecule has 0 radical (unpaired) electrons. The molecule has 1 amide bonds. The van der Waals surface area contributed by atoms with Crippen molar-refractivity contribution < 1.29 is 13.9 Å².